The lowest BCUT2D eigenvalue weighted by atomic mass is 9.83. The molecule has 4 saturated carbocycles. The highest BCUT2D eigenvalue weighted by atomic mass is 32.1. The van der Waals surface area contributed by atoms with Gasteiger partial charge in [-0.1, -0.05) is 164 Å². The molecule has 2 heterocycles. The number of ether oxygens (including phenoxy) is 4. The van der Waals surface area contributed by atoms with Crippen molar-refractivity contribution in [2.75, 3.05) is 48.0 Å². The van der Waals surface area contributed by atoms with Crippen LogP contribution in [0.15, 0.2) is 175 Å². The maximum absolute atomic E-state index is 14.9. The molecule has 20 nitrogen and oxygen atoms in total. The monoisotopic (exact) mass is 1720 g/mol. The summed E-state index contributed by atoms with van der Waals surface area (Å²) >= 11 is 1.47. The van der Waals surface area contributed by atoms with E-state index in [-0.39, 0.29) is 59.1 Å². The third-order valence-electron chi connectivity index (χ3n) is 23.3. The summed E-state index contributed by atoms with van der Waals surface area (Å²) < 4.78 is 77.7. The molecule has 4 fully saturated rings. The summed E-state index contributed by atoms with van der Waals surface area (Å²) in [5.74, 6) is 8.45. The van der Waals surface area contributed by atoms with Gasteiger partial charge in [0.25, 0.3) is 0 Å². The molecule has 0 N–H and O–H groups in total. The van der Waals surface area contributed by atoms with E-state index in [1.165, 1.54) is 87.7 Å². The van der Waals surface area contributed by atoms with Gasteiger partial charge in [-0.15, -0.1) is 42.1 Å². The van der Waals surface area contributed by atoms with Gasteiger partial charge in [0, 0.05) is 64.9 Å². The van der Waals surface area contributed by atoms with Crippen molar-refractivity contribution in [1.82, 2.24) is 20.2 Å². The molecule has 9 aromatic rings. The number of aromatic nitrogens is 4. The van der Waals surface area contributed by atoms with Gasteiger partial charge in [-0.25, -0.2) is 9.07 Å². The number of terminal acetylenes is 4. The Morgan fingerprint density at radius 2 is 0.920 bits per heavy atom. The largest absolute Gasteiger partial charge is 0.497 e. The Kier molecular flexibility index (Phi) is 34.3. The van der Waals surface area contributed by atoms with E-state index in [0.29, 0.717) is 75.8 Å². The summed E-state index contributed by atoms with van der Waals surface area (Å²) in [6.45, 7) is 5.65. The zero-order valence-corrected chi connectivity index (χ0v) is 72.2. The van der Waals surface area contributed by atoms with E-state index in [4.69, 9.17) is 44.6 Å². The zero-order valence-electron chi connectivity index (χ0n) is 71.4. The minimum absolute atomic E-state index is 0.00820. The number of methoxy groups -OCH3 is 4. The number of tetrazole rings is 1. The van der Waals surface area contributed by atoms with Crippen LogP contribution in [0.1, 0.15) is 203 Å². The predicted octanol–water partition coefficient (Wildman–Crippen LogP) is 19.7. The number of carbonyl (C=O) groups is 8. The van der Waals surface area contributed by atoms with Crippen molar-refractivity contribution >= 4 is 80.8 Å². The summed E-state index contributed by atoms with van der Waals surface area (Å²) in [5.41, 5.74) is 5.04. The van der Waals surface area contributed by atoms with Crippen LogP contribution < -0.4 is 38.5 Å². The number of hydrogen-bond acceptors (Lipinski definition) is 16. The fourth-order valence-corrected chi connectivity index (χ4v) is 18.0. The van der Waals surface area contributed by atoms with E-state index in [0.717, 1.165) is 134 Å². The van der Waals surface area contributed by atoms with Crippen molar-refractivity contribution in [3.8, 4) is 78.1 Å². The lowest BCUT2D eigenvalue weighted by molar-refractivity contribution is -0.137. The molecular weight excluding hydrogens is 1610 g/mol. The molecule has 0 bridgehead atoms. The van der Waals surface area contributed by atoms with E-state index < -0.39 is 65.4 Å². The minimum atomic E-state index is -4.61. The smallest absolute Gasteiger partial charge is 0.416 e. The van der Waals surface area contributed by atoms with Crippen molar-refractivity contribution in [3.63, 3.8) is 0 Å². The van der Waals surface area contributed by atoms with Crippen molar-refractivity contribution in [2.24, 2.45) is 23.7 Å². The Morgan fingerprint density at radius 1 is 0.448 bits per heavy atom. The molecule has 4 aliphatic carbocycles. The fourth-order valence-electron chi connectivity index (χ4n) is 17.2. The Morgan fingerprint density at radius 3 is 1.40 bits per heavy atom. The SMILES string of the molecule is C#CC(=O)N(c1cc(C)cc(OC)c1)C(C(=O)CC1CCCCC1)c1ccc(OC)cc1.C#CC(=O)N(c1ccc(-n2cnnn2)c(C)c1)C(C(=O)CC1CCCC1)c1ccccc1F.C#CC(=O)N(c1ccc(OC)c(C)c1)C(C(=O)CC1CCCC1)c1cccs1.C#CC(=O)N(c1cccc(C(F)(F)F)c1)C(C(=O)CC1CCCC1)c1cccc(OC)c1. The normalized spacial score (nSPS) is 14.9. The van der Waals surface area contributed by atoms with Gasteiger partial charge in [0.15, 0.2) is 23.1 Å². The van der Waals surface area contributed by atoms with Crippen LogP contribution in [0, 0.1) is 99.6 Å². The summed E-state index contributed by atoms with van der Waals surface area (Å²) in [7, 11) is 6.23. The summed E-state index contributed by atoms with van der Waals surface area (Å²) in [5, 5.41) is 13.1. The molecule has 25 heteroatoms. The molecule has 0 saturated heterocycles. The maximum atomic E-state index is 14.9. The minimum Gasteiger partial charge on any atom is -0.497 e. The second-order valence-electron chi connectivity index (χ2n) is 31.7. The number of hydrogen-bond donors (Lipinski definition) is 0. The number of anilines is 4. The summed E-state index contributed by atoms with van der Waals surface area (Å²) in [4.78, 5) is 112. The standard InChI is InChI=1S/C27H31NO4.C25H24F3NO3.C25H24FN5O2.C23H25NO3S/c1-5-26(30)28(22-15-19(2)16-24(18-22)32-4)27(21-11-13-23(31-3)14-12-21)25(29)17-20-9-7-6-8-10-20;1-3-23(31)29(20-12-7-11-19(16-20)25(26,27)28)24(18-10-6-13-21(15-18)32-2)22(30)14-17-8-4-5-9-17;1-3-24(33)31(19-12-13-22(17(2)14-19)30-16-27-28-29-30)25(20-10-6-7-11-21(20)26)23(32)15-18-8-4-5-9-18;1-4-22(26)24(18-11-12-20(27-3)16(2)14-18)23(21-10-7-13-28-21)19(25)15-17-8-5-6-9-17/h1,11-16,18,20,27H,6-10,17H2,2-4H3;1,6-7,10-13,15-17,24H,4-5,8-9,14H2,2H3;1,6-7,10-14,16,18,25H,4-5,8-9,15H2,2H3;1,7,10-14,17,23H,5-6,8-9,15H2,2-3H3. The third-order valence-corrected chi connectivity index (χ3v) is 24.2. The summed E-state index contributed by atoms with van der Waals surface area (Å²) in [6.07, 6.45) is 38.2. The molecule has 2 aromatic heterocycles. The zero-order chi connectivity index (χ0) is 89.9. The van der Waals surface area contributed by atoms with Crippen LogP contribution in [0.2, 0.25) is 0 Å². The number of nitrogens with zero attached hydrogens (tertiary/aromatic N) is 8. The number of alkyl halides is 3. The molecule has 4 unspecified atom stereocenters. The first-order valence-electron chi connectivity index (χ1n) is 41.9. The van der Waals surface area contributed by atoms with Gasteiger partial charge in [-0.2, -0.15) is 13.2 Å². The van der Waals surface area contributed by atoms with E-state index in [1.807, 2.05) is 74.5 Å². The Hall–Kier alpha value is -13.0. The average molecular weight is 1720 g/mol. The number of amides is 4. The second kappa shape index (κ2) is 45.4. The lowest BCUT2D eigenvalue weighted by Crippen LogP contribution is -2.39. The quantitative estimate of drug-likeness (QED) is 0.0313. The Bertz CT molecular complexity index is 5410. The van der Waals surface area contributed by atoms with Gasteiger partial charge in [0.1, 0.15) is 59.3 Å². The van der Waals surface area contributed by atoms with Gasteiger partial charge >= 0.3 is 29.8 Å². The number of Topliss-reactive ketones (excluding diaryl/α,β-unsaturated/α-hetero) is 4. The molecule has 4 aliphatic rings. The molecule has 13 rings (SSSR count). The van der Waals surface area contributed by atoms with Crippen molar-refractivity contribution in [2.45, 2.75) is 186 Å². The molecule has 0 spiro atoms. The van der Waals surface area contributed by atoms with E-state index >= 15 is 0 Å². The number of thiophene rings is 1. The molecule has 7 aromatic carbocycles. The molecule has 125 heavy (non-hydrogen) atoms. The number of halogens is 4. The van der Waals surface area contributed by atoms with Gasteiger partial charge in [0.05, 0.1) is 39.7 Å². The van der Waals surface area contributed by atoms with Gasteiger partial charge in [-0.05, 0) is 215 Å². The number of aryl methyl sites for hydroxylation is 3. The van der Waals surface area contributed by atoms with Gasteiger partial charge in [-0.3, -0.25) is 58.0 Å². The molecule has 0 aliphatic heterocycles. The molecule has 650 valence electrons. The molecule has 4 atom stereocenters. The van der Waals surface area contributed by atoms with E-state index in [2.05, 4.69) is 33.3 Å². The highest BCUT2D eigenvalue weighted by Gasteiger charge is 2.41. The van der Waals surface area contributed by atoms with Crippen molar-refractivity contribution in [1.29, 1.82) is 0 Å². The van der Waals surface area contributed by atoms with Crippen LogP contribution in [0.4, 0.5) is 40.3 Å². The van der Waals surface area contributed by atoms with Crippen LogP contribution in [-0.2, 0) is 44.5 Å². The van der Waals surface area contributed by atoms with Crippen molar-refractivity contribution in [3.05, 3.63) is 225 Å². The fraction of sp³-hybridized carbons (Fsp3) is 0.370. The molecule has 4 amide bonds. The molecular formula is C100H104F4N8O12S. The lowest BCUT2D eigenvalue weighted by Gasteiger charge is -2.32. The van der Waals surface area contributed by atoms with Crippen molar-refractivity contribution < 1.29 is 74.9 Å². The van der Waals surface area contributed by atoms with Crippen LogP contribution >= 0.6 is 11.3 Å². The third kappa shape index (κ3) is 24.7. The molecule has 0 radical (unpaired) electrons. The highest BCUT2D eigenvalue weighted by Crippen LogP contribution is 2.43. The number of benzene rings is 7. The summed E-state index contributed by atoms with van der Waals surface area (Å²) in [6, 6.07) is 40.1. The van der Waals surface area contributed by atoms with Crippen LogP contribution in [0.5, 0.6) is 23.0 Å². The topological polar surface area (TPSA) is 230 Å². The number of carbonyl (C=O) groups excluding carboxylic acids is 8. The predicted molar refractivity (Wildman–Crippen MR) is 475 cm³/mol. The Balaban J connectivity index is 0.000000174. The van der Waals surface area contributed by atoms with E-state index in [9.17, 15) is 55.9 Å². The Labute approximate surface area is 732 Å². The highest BCUT2D eigenvalue weighted by molar-refractivity contribution is 7.10. The number of rotatable bonds is 29. The first kappa shape index (κ1) is 94.3. The van der Waals surface area contributed by atoms with E-state index in [1.54, 1.807) is 106 Å². The van der Waals surface area contributed by atoms with Gasteiger partial charge in [0.2, 0.25) is 0 Å². The number of ketones is 4. The van der Waals surface area contributed by atoms with Crippen LogP contribution in [0.25, 0.3) is 5.69 Å². The second-order valence-corrected chi connectivity index (χ2v) is 32.7. The van der Waals surface area contributed by atoms with Crippen LogP contribution in [-0.4, -0.2) is 95.4 Å². The first-order chi connectivity index (χ1) is 60.2. The maximum Gasteiger partial charge on any atom is 0.416 e. The van der Waals surface area contributed by atoms with Crippen LogP contribution in [0.3, 0.4) is 0 Å². The van der Waals surface area contributed by atoms with Gasteiger partial charge < -0.3 is 18.9 Å². The average Bonchev–Trinajstić information content (AvgIpc) is 1.38. The first-order valence-corrected chi connectivity index (χ1v) is 42.8.